The van der Waals surface area contributed by atoms with Crippen LogP contribution in [-0.2, 0) is 11.3 Å². The van der Waals surface area contributed by atoms with Crippen LogP contribution in [0.2, 0.25) is 0 Å². The van der Waals surface area contributed by atoms with Crippen molar-refractivity contribution >= 4 is 49.7 Å². The van der Waals surface area contributed by atoms with Crippen molar-refractivity contribution < 1.29 is 9.59 Å². The SMILES string of the molecule is CC(=O)NCc1ccc(-c2csc(NC(=O)c3sc4ccccc4c3C)n2)cc1. The normalized spacial score (nSPS) is 10.8. The molecule has 0 bridgehead atoms. The number of carbonyl (C=O) groups is 2. The van der Waals surface area contributed by atoms with E-state index >= 15 is 0 Å². The number of carbonyl (C=O) groups excluding carboxylic acids is 2. The molecule has 2 aromatic carbocycles. The van der Waals surface area contributed by atoms with Gasteiger partial charge in [-0.05, 0) is 29.5 Å². The lowest BCUT2D eigenvalue weighted by Crippen LogP contribution is -2.18. The van der Waals surface area contributed by atoms with E-state index in [9.17, 15) is 9.59 Å². The summed E-state index contributed by atoms with van der Waals surface area (Å²) in [6, 6.07) is 15.9. The fourth-order valence-electron chi connectivity index (χ4n) is 3.03. The van der Waals surface area contributed by atoms with Crippen molar-refractivity contribution in [2.45, 2.75) is 20.4 Å². The van der Waals surface area contributed by atoms with Gasteiger partial charge >= 0.3 is 0 Å². The Bertz CT molecular complexity index is 1190. The smallest absolute Gasteiger partial charge is 0.267 e. The Labute approximate surface area is 176 Å². The second kappa shape index (κ2) is 8.14. The van der Waals surface area contributed by atoms with Crippen LogP contribution < -0.4 is 10.6 Å². The van der Waals surface area contributed by atoms with Crippen LogP contribution >= 0.6 is 22.7 Å². The lowest BCUT2D eigenvalue weighted by molar-refractivity contribution is -0.119. The van der Waals surface area contributed by atoms with Crippen molar-refractivity contribution in [3.05, 3.63) is 69.9 Å². The zero-order chi connectivity index (χ0) is 20.4. The molecular weight excluding hydrogens is 402 g/mol. The number of aryl methyl sites for hydroxylation is 1. The zero-order valence-electron chi connectivity index (χ0n) is 16.0. The Morgan fingerprint density at radius 3 is 2.55 bits per heavy atom. The molecule has 0 radical (unpaired) electrons. The fourth-order valence-corrected chi connectivity index (χ4v) is 4.85. The molecule has 0 saturated heterocycles. The summed E-state index contributed by atoms with van der Waals surface area (Å²) < 4.78 is 1.11. The van der Waals surface area contributed by atoms with E-state index in [1.807, 2.05) is 60.8 Å². The van der Waals surface area contributed by atoms with Crippen LogP contribution in [0.1, 0.15) is 27.7 Å². The Hall–Kier alpha value is -3.03. The number of hydrogen-bond acceptors (Lipinski definition) is 5. The van der Waals surface area contributed by atoms with Crippen molar-refractivity contribution in [2.24, 2.45) is 0 Å². The molecule has 7 heteroatoms. The summed E-state index contributed by atoms with van der Waals surface area (Å²) >= 11 is 2.90. The molecule has 0 aliphatic heterocycles. The maximum absolute atomic E-state index is 12.8. The number of thiophene rings is 1. The number of thiazole rings is 1. The van der Waals surface area contributed by atoms with Gasteiger partial charge in [0.25, 0.3) is 5.91 Å². The third-order valence-corrected chi connectivity index (χ3v) is 6.60. The van der Waals surface area contributed by atoms with E-state index < -0.39 is 0 Å². The first-order chi connectivity index (χ1) is 14.0. The Balaban J connectivity index is 1.48. The fraction of sp³-hybridized carbons (Fsp3) is 0.136. The molecule has 0 atom stereocenters. The van der Waals surface area contributed by atoms with E-state index in [1.165, 1.54) is 29.6 Å². The first-order valence-corrected chi connectivity index (χ1v) is 10.8. The van der Waals surface area contributed by atoms with Crippen LogP contribution in [0.4, 0.5) is 5.13 Å². The number of nitrogens with zero attached hydrogens (tertiary/aromatic N) is 1. The van der Waals surface area contributed by atoms with Crippen LogP contribution in [0, 0.1) is 6.92 Å². The average molecular weight is 422 g/mol. The molecule has 0 spiro atoms. The maximum atomic E-state index is 12.8. The van der Waals surface area contributed by atoms with Gasteiger partial charge in [-0.3, -0.25) is 14.9 Å². The summed E-state index contributed by atoms with van der Waals surface area (Å²) in [7, 11) is 0. The standard InChI is InChI=1S/C22H19N3O2S2/c1-13-17-5-3-4-6-19(17)29-20(13)21(27)25-22-24-18(12-28-22)16-9-7-15(8-10-16)11-23-14(2)26/h3-10,12H,11H2,1-2H3,(H,23,26)(H,24,25,27). The number of benzene rings is 2. The molecule has 4 aromatic rings. The van der Waals surface area contributed by atoms with Crippen molar-refractivity contribution in [3.63, 3.8) is 0 Å². The van der Waals surface area contributed by atoms with Gasteiger partial charge in [0.2, 0.25) is 5.91 Å². The molecular formula is C22H19N3O2S2. The van der Waals surface area contributed by atoms with Crippen LogP contribution in [0.25, 0.3) is 21.3 Å². The molecule has 2 aromatic heterocycles. The predicted molar refractivity (Wildman–Crippen MR) is 120 cm³/mol. The van der Waals surface area contributed by atoms with Gasteiger partial charge in [0.15, 0.2) is 5.13 Å². The quantitative estimate of drug-likeness (QED) is 0.464. The Morgan fingerprint density at radius 1 is 1.07 bits per heavy atom. The number of rotatable bonds is 5. The summed E-state index contributed by atoms with van der Waals surface area (Å²) in [4.78, 5) is 29.0. The van der Waals surface area contributed by atoms with Gasteiger partial charge < -0.3 is 5.32 Å². The summed E-state index contributed by atoms with van der Waals surface area (Å²) in [5.41, 5.74) is 3.79. The van der Waals surface area contributed by atoms with Gasteiger partial charge in [0.1, 0.15) is 0 Å². The summed E-state index contributed by atoms with van der Waals surface area (Å²) in [6.45, 7) is 3.98. The minimum atomic E-state index is -0.129. The highest BCUT2D eigenvalue weighted by Gasteiger charge is 2.16. The molecule has 146 valence electrons. The van der Waals surface area contributed by atoms with Gasteiger partial charge in [0, 0.05) is 29.1 Å². The van der Waals surface area contributed by atoms with E-state index in [1.54, 1.807) is 0 Å². The molecule has 2 N–H and O–H groups in total. The predicted octanol–water partition coefficient (Wildman–Crippen LogP) is 5.22. The number of anilines is 1. The molecule has 0 fully saturated rings. The molecule has 5 nitrogen and oxygen atoms in total. The first kappa shape index (κ1) is 19.3. The first-order valence-electron chi connectivity index (χ1n) is 9.10. The van der Waals surface area contributed by atoms with Gasteiger partial charge in [-0.1, -0.05) is 42.5 Å². The second-order valence-electron chi connectivity index (χ2n) is 6.65. The van der Waals surface area contributed by atoms with Gasteiger partial charge in [-0.15, -0.1) is 22.7 Å². The van der Waals surface area contributed by atoms with Crippen LogP contribution in [0.5, 0.6) is 0 Å². The number of nitrogens with one attached hydrogen (secondary N) is 2. The number of amides is 2. The molecule has 2 heterocycles. The van der Waals surface area contributed by atoms with Crippen LogP contribution in [0.15, 0.2) is 53.9 Å². The summed E-state index contributed by atoms with van der Waals surface area (Å²) in [5.74, 6) is -0.182. The topological polar surface area (TPSA) is 71.1 Å². The maximum Gasteiger partial charge on any atom is 0.267 e. The minimum Gasteiger partial charge on any atom is -0.352 e. The van der Waals surface area contributed by atoms with Crippen molar-refractivity contribution in [1.29, 1.82) is 0 Å². The zero-order valence-corrected chi connectivity index (χ0v) is 17.6. The largest absolute Gasteiger partial charge is 0.352 e. The molecule has 4 rings (SSSR count). The van der Waals surface area contributed by atoms with E-state index in [4.69, 9.17) is 0 Å². The van der Waals surface area contributed by atoms with Gasteiger partial charge in [-0.25, -0.2) is 4.98 Å². The summed E-state index contributed by atoms with van der Waals surface area (Å²) in [5, 5.41) is 9.32. The highest BCUT2D eigenvalue weighted by atomic mass is 32.1. The monoisotopic (exact) mass is 421 g/mol. The Morgan fingerprint density at radius 2 is 1.83 bits per heavy atom. The molecule has 0 saturated carbocycles. The number of hydrogen-bond donors (Lipinski definition) is 2. The average Bonchev–Trinajstić information content (AvgIpc) is 3.32. The van der Waals surface area contributed by atoms with Crippen LogP contribution in [0.3, 0.4) is 0 Å². The van der Waals surface area contributed by atoms with E-state index in [2.05, 4.69) is 15.6 Å². The van der Waals surface area contributed by atoms with E-state index in [0.29, 0.717) is 16.6 Å². The third kappa shape index (κ3) is 4.21. The van der Waals surface area contributed by atoms with Crippen LogP contribution in [-0.4, -0.2) is 16.8 Å². The number of fused-ring (bicyclic) bond motifs is 1. The Kier molecular flexibility index (Phi) is 5.42. The lowest BCUT2D eigenvalue weighted by Gasteiger charge is -2.03. The van der Waals surface area contributed by atoms with Crippen molar-refractivity contribution in [2.75, 3.05) is 5.32 Å². The molecule has 0 aliphatic rings. The minimum absolute atomic E-state index is 0.0529. The third-order valence-electron chi connectivity index (χ3n) is 4.57. The van der Waals surface area contributed by atoms with Gasteiger partial charge in [0.05, 0.1) is 10.6 Å². The van der Waals surface area contributed by atoms with E-state index in [0.717, 1.165) is 32.5 Å². The molecule has 0 unspecified atom stereocenters. The highest BCUT2D eigenvalue weighted by molar-refractivity contribution is 7.21. The van der Waals surface area contributed by atoms with Crippen molar-refractivity contribution in [1.82, 2.24) is 10.3 Å². The molecule has 29 heavy (non-hydrogen) atoms. The summed E-state index contributed by atoms with van der Waals surface area (Å²) in [6.07, 6.45) is 0. The van der Waals surface area contributed by atoms with E-state index in [-0.39, 0.29) is 11.8 Å². The second-order valence-corrected chi connectivity index (χ2v) is 8.56. The van der Waals surface area contributed by atoms with Crippen molar-refractivity contribution in [3.8, 4) is 11.3 Å². The van der Waals surface area contributed by atoms with Gasteiger partial charge in [-0.2, -0.15) is 0 Å². The highest BCUT2D eigenvalue weighted by Crippen LogP contribution is 2.32. The molecule has 0 aliphatic carbocycles. The lowest BCUT2D eigenvalue weighted by atomic mass is 10.1. The number of aromatic nitrogens is 1. The molecule has 2 amide bonds.